The van der Waals surface area contributed by atoms with Crippen molar-refractivity contribution < 1.29 is 4.79 Å². The second kappa shape index (κ2) is 5.72. The van der Waals surface area contributed by atoms with Gasteiger partial charge in [0.25, 0.3) is 5.91 Å². The second-order valence-electron chi connectivity index (χ2n) is 5.84. The Hall–Kier alpha value is -1.88. The molecule has 0 bridgehead atoms. The van der Waals surface area contributed by atoms with Crippen molar-refractivity contribution in [2.24, 2.45) is 7.05 Å². The van der Waals surface area contributed by atoms with E-state index in [-0.39, 0.29) is 5.91 Å². The average Bonchev–Trinajstić information content (AvgIpc) is 3.08. The van der Waals surface area contributed by atoms with Gasteiger partial charge in [0.2, 0.25) is 0 Å². The van der Waals surface area contributed by atoms with E-state index in [4.69, 9.17) is 11.6 Å². The zero-order chi connectivity index (χ0) is 15.9. The first-order chi connectivity index (χ1) is 10.5. The Morgan fingerprint density at radius 1 is 1.41 bits per heavy atom. The summed E-state index contributed by atoms with van der Waals surface area (Å²) in [6, 6.07) is 2.01. The minimum atomic E-state index is -0.0854. The molecular weight excluding hydrogens is 300 g/mol. The van der Waals surface area contributed by atoms with Crippen LogP contribution in [0.15, 0.2) is 18.5 Å². The van der Waals surface area contributed by atoms with Crippen molar-refractivity contribution in [1.29, 1.82) is 0 Å². The lowest BCUT2D eigenvalue weighted by molar-refractivity contribution is 0.0784. The molecule has 1 aliphatic heterocycles. The zero-order valence-electron chi connectivity index (χ0n) is 13.0. The zero-order valence-corrected chi connectivity index (χ0v) is 13.8. The van der Waals surface area contributed by atoms with E-state index >= 15 is 0 Å². The van der Waals surface area contributed by atoms with Crippen LogP contribution in [0.4, 0.5) is 0 Å². The van der Waals surface area contributed by atoms with Crippen molar-refractivity contribution >= 4 is 17.5 Å². The predicted octanol–water partition coefficient (Wildman–Crippen LogP) is 2.72. The van der Waals surface area contributed by atoms with Gasteiger partial charge in [0.05, 0.1) is 10.7 Å². The number of rotatable bonds is 2. The highest BCUT2D eigenvalue weighted by Crippen LogP contribution is 2.30. The van der Waals surface area contributed by atoms with Crippen LogP contribution in [0.2, 0.25) is 5.02 Å². The molecule has 22 heavy (non-hydrogen) atoms. The van der Waals surface area contributed by atoms with Gasteiger partial charge in [-0.15, -0.1) is 0 Å². The van der Waals surface area contributed by atoms with Crippen molar-refractivity contribution in [2.45, 2.75) is 26.2 Å². The molecular formula is C16H19ClN4O. The van der Waals surface area contributed by atoms with Gasteiger partial charge in [-0.25, -0.2) is 0 Å². The lowest BCUT2D eigenvalue weighted by Crippen LogP contribution is -2.29. The molecule has 0 aromatic carbocycles. The van der Waals surface area contributed by atoms with Crippen LogP contribution in [0.3, 0.4) is 0 Å². The average molecular weight is 319 g/mol. The van der Waals surface area contributed by atoms with Gasteiger partial charge in [-0.05, 0) is 37.5 Å². The largest absolute Gasteiger partial charge is 0.337 e. The number of carbonyl (C=O) groups excluding carboxylic acids is 1. The fraction of sp³-hybridized carbons (Fsp3) is 0.438. The number of aromatic nitrogens is 3. The normalized spacial score (nSPS) is 18.0. The van der Waals surface area contributed by atoms with Crippen LogP contribution in [-0.4, -0.2) is 38.7 Å². The first kappa shape index (κ1) is 15.0. The van der Waals surface area contributed by atoms with Gasteiger partial charge in [0, 0.05) is 38.4 Å². The number of carbonyl (C=O) groups is 1. The van der Waals surface area contributed by atoms with E-state index in [0.29, 0.717) is 23.2 Å². The van der Waals surface area contributed by atoms with Gasteiger partial charge in [-0.2, -0.15) is 5.10 Å². The molecule has 0 saturated carbocycles. The lowest BCUT2D eigenvalue weighted by Gasteiger charge is -2.16. The SMILES string of the molecule is Cc1ccncc1C1CCN(C(=O)c2nn(C)c(C)c2Cl)C1. The maximum absolute atomic E-state index is 12.6. The molecule has 1 saturated heterocycles. The maximum atomic E-state index is 12.6. The van der Waals surface area contributed by atoms with Crippen molar-refractivity contribution in [1.82, 2.24) is 19.7 Å². The van der Waals surface area contributed by atoms with Crippen LogP contribution >= 0.6 is 11.6 Å². The van der Waals surface area contributed by atoms with E-state index in [2.05, 4.69) is 17.0 Å². The van der Waals surface area contributed by atoms with Gasteiger partial charge in [0.15, 0.2) is 5.69 Å². The van der Waals surface area contributed by atoms with Gasteiger partial charge in [0.1, 0.15) is 0 Å². The quantitative estimate of drug-likeness (QED) is 0.855. The molecule has 0 radical (unpaired) electrons. The molecule has 3 rings (SSSR count). The van der Waals surface area contributed by atoms with Crippen molar-refractivity contribution in [3.63, 3.8) is 0 Å². The number of hydrogen-bond donors (Lipinski definition) is 0. The summed E-state index contributed by atoms with van der Waals surface area (Å²) in [6.45, 7) is 5.36. The predicted molar refractivity (Wildman–Crippen MR) is 85.2 cm³/mol. The molecule has 1 atom stereocenters. The molecule has 2 aromatic rings. The third-order valence-corrected chi connectivity index (χ3v) is 4.91. The summed E-state index contributed by atoms with van der Waals surface area (Å²) in [5, 5.41) is 4.70. The van der Waals surface area contributed by atoms with Crippen LogP contribution in [0.25, 0.3) is 0 Å². The highest BCUT2D eigenvalue weighted by atomic mass is 35.5. The van der Waals surface area contributed by atoms with Crippen LogP contribution in [0, 0.1) is 13.8 Å². The van der Waals surface area contributed by atoms with Crippen molar-refractivity contribution in [3.05, 3.63) is 46.0 Å². The van der Waals surface area contributed by atoms with Crippen LogP contribution in [0.5, 0.6) is 0 Å². The monoisotopic (exact) mass is 318 g/mol. The third kappa shape index (κ3) is 2.50. The Bertz CT molecular complexity index is 725. The van der Waals surface area contributed by atoms with E-state index in [9.17, 15) is 4.79 Å². The topological polar surface area (TPSA) is 51.0 Å². The minimum absolute atomic E-state index is 0.0854. The van der Waals surface area contributed by atoms with Gasteiger partial charge < -0.3 is 4.90 Å². The first-order valence-corrected chi connectivity index (χ1v) is 7.75. The van der Waals surface area contributed by atoms with Crippen LogP contribution in [-0.2, 0) is 7.05 Å². The van der Waals surface area contributed by atoms with E-state index < -0.39 is 0 Å². The smallest absolute Gasteiger partial charge is 0.275 e. The molecule has 0 N–H and O–H groups in total. The molecule has 1 amide bonds. The highest BCUT2D eigenvalue weighted by molar-refractivity contribution is 6.34. The lowest BCUT2D eigenvalue weighted by atomic mass is 9.96. The Morgan fingerprint density at radius 2 is 2.18 bits per heavy atom. The molecule has 3 heterocycles. The number of amides is 1. The third-order valence-electron chi connectivity index (χ3n) is 4.46. The Labute approximate surface area is 134 Å². The molecule has 0 aliphatic carbocycles. The minimum Gasteiger partial charge on any atom is -0.337 e. The van der Waals surface area contributed by atoms with E-state index in [0.717, 1.165) is 18.7 Å². The number of likely N-dealkylation sites (tertiary alicyclic amines) is 1. The number of nitrogens with zero attached hydrogens (tertiary/aromatic N) is 4. The Balaban J connectivity index is 1.79. The maximum Gasteiger partial charge on any atom is 0.275 e. The number of hydrogen-bond acceptors (Lipinski definition) is 3. The molecule has 1 unspecified atom stereocenters. The number of pyridine rings is 1. The highest BCUT2D eigenvalue weighted by Gasteiger charge is 2.31. The van der Waals surface area contributed by atoms with E-state index in [1.165, 1.54) is 11.1 Å². The summed E-state index contributed by atoms with van der Waals surface area (Å²) in [4.78, 5) is 18.7. The van der Waals surface area contributed by atoms with Crippen LogP contribution < -0.4 is 0 Å². The summed E-state index contributed by atoms with van der Waals surface area (Å²) in [5.41, 5.74) is 3.61. The molecule has 6 heteroatoms. The van der Waals surface area contributed by atoms with E-state index in [1.54, 1.807) is 17.9 Å². The summed E-state index contributed by atoms with van der Waals surface area (Å²) in [6.07, 6.45) is 4.65. The molecule has 1 fully saturated rings. The standard InChI is InChI=1S/C16H19ClN4O/c1-10-4-6-18-8-13(10)12-5-7-21(9-12)16(22)15-14(17)11(2)20(3)19-15/h4,6,8,12H,5,7,9H2,1-3H3. The molecule has 1 aliphatic rings. The summed E-state index contributed by atoms with van der Waals surface area (Å²) in [5.74, 6) is 0.249. The van der Waals surface area contributed by atoms with Gasteiger partial charge >= 0.3 is 0 Å². The van der Waals surface area contributed by atoms with Gasteiger partial charge in [-0.1, -0.05) is 11.6 Å². The second-order valence-corrected chi connectivity index (χ2v) is 6.22. The van der Waals surface area contributed by atoms with Crippen molar-refractivity contribution in [2.75, 3.05) is 13.1 Å². The Kier molecular flexibility index (Phi) is 3.91. The number of aryl methyl sites for hydroxylation is 2. The van der Waals surface area contributed by atoms with Crippen molar-refractivity contribution in [3.8, 4) is 0 Å². The van der Waals surface area contributed by atoms with E-state index in [1.807, 2.05) is 24.1 Å². The fourth-order valence-corrected chi connectivity index (χ4v) is 3.21. The molecule has 2 aromatic heterocycles. The fourth-order valence-electron chi connectivity index (χ4n) is 2.97. The van der Waals surface area contributed by atoms with Crippen LogP contribution in [0.1, 0.15) is 39.6 Å². The summed E-state index contributed by atoms with van der Waals surface area (Å²) in [7, 11) is 1.80. The summed E-state index contributed by atoms with van der Waals surface area (Å²) >= 11 is 6.23. The summed E-state index contributed by atoms with van der Waals surface area (Å²) < 4.78 is 1.65. The Morgan fingerprint density at radius 3 is 2.82 bits per heavy atom. The van der Waals surface area contributed by atoms with Gasteiger partial charge in [-0.3, -0.25) is 14.5 Å². The molecule has 116 valence electrons. The molecule has 5 nitrogen and oxygen atoms in total. The first-order valence-electron chi connectivity index (χ1n) is 7.38. The number of halogens is 1. The molecule has 0 spiro atoms.